The van der Waals surface area contributed by atoms with Crippen LogP contribution in [0.4, 0.5) is 0 Å². The predicted octanol–water partition coefficient (Wildman–Crippen LogP) is 1.84. The van der Waals surface area contributed by atoms with E-state index in [1.165, 1.54) is 0 Å². The van der Waals surface area contributed by atoms with E-state index in [2.05, 4.69) is 0 Å². The second-order valence-electron chi connectivity index (χ2n) is 7.43. The summed E-state index contributed by atoms with van der Waals surface area (Å²) in [6.45, 7) is 8.11. The van der Waals surface area contributed by atoms with Crippen molar-refractivity contribution < 1.29 is 19.5 Å². The minimum Gasteiger partial charge on any atom is -0.481 e. The molecule has 0 aliphatic carbocycles. The van der Waals surface area contributed by atoms with Gasteiger partial charge in [0.05, 0.1) is 11.8 Å². The Bertz CT molecular complexity index is 493. The Morgan fingerprint density at radius 3 is 2.42 bits per heavy atom. The van der Waals surface area contributed by atoms with Crippen LogP contribution in [0.2, 0.25) is 0 Å². The number of likely N-dealkylation sites (tertiary alicyclic amines) is 2. The molecular formula is C18H30N2O4. The largest absolute Gasteiger partial charge is 0.481 e. The van der Waals surface area contributed by atoms with Crippen LogP contribution in [0.3, 0.4) is 0 Å². The van der Waals surface area contributed by atoms with Gasteiger partial charge in [-0.1, -0.05) is 20.8 Å². The molecule has 0 aromatic carbocycles. The van der Waals surface area contributed by atoms with Gasteiger partial charge in [0.1, 0.15) is 0 Å². The van der Waals surface area contributed by atoms with Crippen LogP contribution in [0.5, 0.6) is 0 Å². The van der Waals surface area contributed by atoms with Crippen molar-refractivity contribution in [3.05, 3.63) is 0 Å². The van der Waals surface area contributed by atoms with Gasteiger partial charge in [-0.15, -0.1) is 0 Å². The average Bonchev–Trinajstić information content (AvgIpc) is 2.59. The molecule has 0 spiro atoms. The lowest BCUT2D eigenvalue weighted by molar-refractivity contribution is -0.151. The molecule has 0 aromatic heterocycles. The van der Waals surface area contributed by atoms with Crippen molar-refractivity contribution in [1.29, 1.82) is 0 Å². The summed E-state index contributed by atoms with van der Waals surface area (Å²) in [6.07, 6.45) is 3.01. The van der Waals surface area contributed by atoms with Gasteiger partial charge < -0.3 is 14.9 Å². The molecule has 24 heavy (non-hydrogen) atoms. The number of aliphatic carboxylic acids is 1. The van der Waals surface area contributed by atoms with Crippen LogP contribution in [-0.4, -0.2) is 58.9 Å². The van der Waals surface area contributed by atoms with Gasteiger partial charge in [0, 0.05) is 32.1 Å². The zero-order valence-corrected chi connectivity index (χ0v) is 15.0. The summed E-state index contributed by atoms with van der Waals surface area (Å²) in [7, 11) is 0. The Morgan fingerprint density at radius 1 is 1.12 bits per heavy atom. The molecular weight excluding hydrogens is 308 g/mol. The van der Waals surface area contributed by atoms with Crippen LogP contribution in [0.1, 0.15) is 46.5 Å². The fourth-order valence-electron chi connectivity index (χ4n) is 3.84. The van der Waals surface area contributed by atoms with Crippen LogP contribution in [0, 0.1) is 23.7 Å². The lowest BCUT2D eigenvalue weighted by atomic mass is 9.86. The summed E-state index contributed by atoms with van der Waals surface area (Å²) < 4.78 is 0. The number of hydrogen-bond donors (Lipinski definition) is 1. The molecule has 0 saturated carbocycles. The Kier molecular flexibility index (Phi) is 6.24. The highest BCUT2D eigenvalue weighted by Crippen LogP contribution is 2.27. The molecule has 2 aliphatic heterocycles. The van der Waals surface area contributed by atoms with Crippen LogP contribution in [0.15, 0.2) is 0 Å². The Balaban J connectivity index is 1.95. The maximum atomic E-state index is 12.8. The van der Waals surface area contributed by atoms with Gasteiger partial charge in [-0.3, -0.25) is 14.4 Å². The predicted molar refractivity (Wildman–Crippen MR) is 90.2 cm³/mol. The maximum absolute atomic E-state index is 12.8. The summed E-state index contributed by atoms with van der Waals surface area (Å²) in [5.74, 6) is -1.05. The van der Waals surface area contributed by atoms with E-state index in [9.17, 15) is 19.5 Å². The maximum Gasteiger partial charge on any atom is 0.306 e. The van der Waals surface area contributed by atoms with E-state index in [1.54, 1.807) is 0 Å². The molecule has 6 heteroatoms. The summed E-state index contributed by atoms with van der Waals surface area (Å²) >= 11 is 0. The van der Waals surface area contributed by atoms with E-state index in [4.69, 9.17) is 0 Å². The highest BCUT2D eigenvalue weighted by molar-refractivity contribution is 5.82. The first kappa shape index (κ1) is 18.7. The lowest BCUT2D eigenvalue weighted by Crippen LogP contribution is -2.51. The van der Waals surface area contributed by atoms with Gasteiger partial charge in [-0.2, -0.15) is 0 Å². The van der Waals surface area contributed by atoms with Crippen molar-refractivity contribution in [3.8, 4) is 0 Å². The zero-order valence-electron chi connectivity index (χ0n) is 15.0. The van der Waals surface area contributed by atoms with Crippen molar-refractivity contribution >= 4 is 17.8 Å². The second kappa shape index (κ2) is 7.99. The molecule has 0 bridgehead atoms. The second-order valence-corrected chi connectivity index (χ2v) is 7.43. The van der Waals surface area contributed by atoms with Crippen molar-refractivity contribution in [2.24, 2.45) is 23.7 Å². The number of carboxylic acids is 1. The molecule has 4 unspecified atom stereocenters. The van der Waals surface area contributed by atoms with Gasteiger partial charge in [-0.05, 0) is 31.6 Å². The molecule has 0 aromatic rings. The summed E-state index contributed by atoms with van der Waals surface area (Å²) in [5, 5.41) is 9.21. The highest BCUT2D eigenvalue weighted by Gasteiger charge is 2.37. The van der Waals surface area contributed by atoms with E-state index in [0.717, 1.165) is 25.8 Å². The Morgan fingerprint density at radius 2 is 1.83 bits per heavy atom. The van der Waals surface area contributed by atoms with E-state index in [1.807, 2.05) is 30.6 Å². The van der Waals surface area contributed by atoms with Crippen LogP contribution in [-0.2, 0) is 14.4 Å². The molecule has 136 valence electrons. The monoisotopic (exact) mass is 338 g/mol. The first-order valence-corrected chi connectivity index (χ1v) is 9.15. The molecule has 2 amide bonds. The topological polar surface area (TPSA) is 77.9 Å². The van der Waals surface area contributed by atoms with Gasteiger partial charge >= 0.3 is 5.97 Å². The van der Waals surface area contributed by atoms with Gasteiger partial charge in [-0.25, -0.2) is 0 Å². The van der Waals surface area contributed by atoms with Crippen molar-refractivity contribution in [1.82, 2.24) is 9.80 Å². The number of piperidine rings is 2. The molecule has 6 nitrogen and oxygen atoms in total. The molecule has 2 saturated heterocycles. The molecule has 2 heterocycles. The third kappa shape index (κ3) is 4.08. The van der Waals surface area contributed by atoms with Crippen molar-refractivity contribution in [2.45, 2.75) is 46.5 Å². The fraction of sp³-hybridized carbons (Fsp3) is 0.833. The van der Waals surface area contributed by atoms with Gasteiger partial charge in [0.25, 0.3) is 0 Å². The third-order valence-corrected chi connectivity index (χ3v) is 5.65. The Hall–Kier alpha value is -1.59. The molecule has 1 N–H and O–H groups in total. The lowest BCUT2D eigenvalue weighted by Gasteiger charge is -2.39. The van der Waals surface area contributed by atoms with E-state index in [0.29, 0.717) is 26.1 Å². The summed E-state index contributed by atoms with van der Waals surface area (Å²) in [5.41, 5.74) is 0. The quantitative estimate of drug-likeness (QED) is 0.848. The molecule has 2 rings (SSSR count). The minimum atomic E-state index is -0.766. The highest BCUT2D eigenvalue weighted by atomic mass is 16.4. The molecule has 2 aliphatic rings. The van der Waals surface area contributed by atoms with E-state index in [-0.39, 0.29) is 35.5 Å². The number of hydrogen-bond acceptors (Lipinski definition) is 3. The smallest absolute Gasteiger partial charge is 0.306 e. The summed E-state index contributed by atoms with van der Waals surface area (Å²) in [4.78, 5) is 40.1. The number of carboxylic acid groups (broad SMARTS) is 1. The zero-order chi connectivity index (χ0) is 17.9. The van der Waals surface area contributed by atoms with E-state index >= 15 is 0 Å². The normalized spacial score (nSPS) is 29.2. The number of carbonyl (C=O) groups excluding carboxylic acids is 2. The molecule has 4 atom stereocenters. The minimum absolute atomic E-state index is 0.00480. The average molecular weight is 338 g/mol. The first-order chi connectivity index (χ1) is 11.3. The van der Waals surface area contributed by atoms with Gasteiger partial charge in [0.15, 0.2) is 0 Å². The van der Waals surface area contributed by atoms with Crippen molar-refractivity contribution in [3.63, 3.8) is 0 Å². The third-order valence-electron chi connectivity index (χ3n) is 5.65. The summed E-state index contributed by atoms with van der Waals surface area (Å²) in [6, 6.07) is 0. The van der Waals surface area contributed by atoms with Gasteiger partial charge in [0.2, 0.25) is 11.8 Å². The molecule has 0 radical (unpaired) electrons. The van der Waals surface area contributed by atoms with E-state index < -0.39 is 5.97 Å². The first-order valence-electron chi connectivity index (χ1n) is 9.15. The SMILES string of the molecule is CCC(C)C(=O)N1CCCC(C(=O)N2CCC(C(=O)O)C(C)C2)C1. The fourth-order valence-corrected chi connectivity index (χ4v) is 3.84. The number of nitrogens with zero attached hydrogens (tertiary/aromatic N) is 2. The Labute approximate surface area is 144 Å². The van der Waals surface area contributed by atoms with Crippen molar-refractivity contribution in [2.75, 3.05) is 26.2 Å². The van der Waals surface area contributed by atoms with Crippen LogP contribution < -0.4 is 0 Å². The number of carbonyl (C=O) groups is 3. The number of amides is 2. The molecule has 2 fully saturated rings. The van der Waals surface area contributed by atoms with Crippen LogP contribution in [0.25, 0.3) is 0 Å². The van der Waals surface area contributed by atoms with Crippen LogP contribution >= 0.6 is 0 Å². The number of rotatable bonds is 4. The standard InChI is InChI=1S/C18H30N2O4/c1-4-12(2)16(21)19-8-5-6-14(11-19)17(22)20-9-7-15(18(23)24)13(3)10-20/h12-15H,4-11H2,1-3H3,(H,23,24).